The number of hydrogen-bond acceptors (Lipinski definition) is 2. The molecule has 1 amide bonds. The number of benzene rings is 1. The summed E-state index contributed by atoms with van der Waals surface area (Å²) >= 11 is 0. The van der Waals surface area contributed by atoms with Crippen LogP contribution < -0.4 is 5.32 Å². The predicted molar refractivity (Wildman–Crippen MR) is 80.0 cm³/mol. The molecule has 19 heavy (non-hydrogen) atoms. The molecular formula is C16H26N2O. The fourth-order valence-electron chi connectivity index (χ4n) is 2.15. The molecule has 0 aliphatic rings. The topological polar surface area (TPSA) is 32.3 Å². The minimum Gasteiger partial charge on any atom is -0.344 e. The quantitative estimate of drug-likeness (QED) is 0.817. The maximum atomic E-state index is 12.5. The lowest BCUT2D eigenvalue weighted by molar-refractivity contribution is -0.135. The van der Waals surface area contributed by atoms with Gasteiger partial charge in [0.2, 0.25) is 5.91 Å². The van der Waals surface area contributed by atoms with E-state index in [4.69, 9.17) is 0 Å². The molecule has 1 rings (SSSR count). The maximum Gasteiger partial charge on any atom is 0.226 e. The van der Waals surface area contributed by atoms with Gasteiger partial charge in [0.05, 0.1) is 0 Å². The fourth-order valence-corrected chi connectivity index (χ4v) is 2.15. The average Bonchev–Trinajstić information content (AvgIpc) is 2.42. The van der Waals surface area contributed by atoms with Crippen molar-refractivity contribution in [3.05, 3.63) is 35.9 Å². The SMILES string of the molecule is CNCCN(C)C(=O)C(Cc1ccccc1)C(C)C. The van der Waals surface area contributed by atoms with Crippen LogP contribution in [0.5, 0.6) is 0 Å². The van der Waals surface area contributed by atoms with Crippen LogP contribution in [0, 0.1) is 11.8 Å². The summed E-state index contributed by atoms with van der Waals surface area (Å²) in [7, 11) is 3.79. The van der Waals surface area contributed by atoms with Crippen molar-refractivity contribution in [3.63, 3.8) is 0 Å². The van der Waals surface area contributed by atoms with Crippen LogP contribution in [0.3, 0.4) is 0 Å². The highest BCUT2D eigenvalue weighted by molar-refractivity contribution is 5.79. The van der Waals surface area contributed by atoms with Crippen molar-refractivity contribution in [2.75, 3.05) is 27.2 Å². The number of nitrogens with zero attached hydrogens (tertiary/aromatic N) is 1. The molecule has 0 radical (unpaired) electrons. The van der Waals surface area contributed by atoms with Crippen molar-refractivity contribution in [1.82, 2.24) is 10.2 Å². The first kappa shape index (κ1) is 15.7. The molecular weight excluding hydrogens is 236 g/mol. The summed E-state index contributed by atoms with van der Waals surface area (Å²) in [5.41, 5.74) is 1.23. The van der Waals surface area contributed by atoms with Gasteiger partial charge in [-0.3, -0.25) is 4.79 Å². The lowest BCUT2D eigenvalue weighted by Crippen LogP contribution is -2.39. The first-order chi connectivity index (χ1) is 9.06. The second-order valence-electron chi connectivity index (χ2n) is 5.40. The van der Waals surface area contributed by atoms with Crippen molar-refractivity contribution in [2.24, 2.45) is 11.8 Å². The van der Waals surface area contributed by atoms with Crippen LogP contribution in [-0.2, 0) is 11.2 Å². The Morgan fingerprint density at radius 3 is 2.42 bits per heavy atom. The zero-order chi connectivity index (χ0) is 14.3. The van der Waals surface area contributed by atoms with E-state index in [2.05, 4.69) is 31.3 Å². The molecule has 0 aliphatic heterocycles. The molecule has 1 unspecified atom stereocenters. The van der Waals surface area contributed by atoms with Crippen LogP contribution >= 0.6 is 0 Å². The van der Waals surface area contributed by atoms with Crippen molar-refractivity contribution in [1.29, 1.82) is 0 Å². The van der Waals surface area contributed by atoms with Crippen molar-refractivity contribution >= 4 is 5.91 Å². The van der Waals surface area contributed by atoms with Crippen LogP contribution in [0.2, 0.25) is 0 Å². The average molecular weight is 262 g/mol. The Labute approximate surface area is 117 Å². The second-order valence-corrected chi connectivity index (χ2v) is 5.40. The minimum atomic E-state index is 0.0595. The van der Waals surface area contributed by atoms with Gasteiger partial charge in [-0.05, 0) is 24.9 Å². The molecule has 1 atom stereocenters. The molecule has 0 spiro atoms. The molecule has 0 fully saturated rings. The summed E-state index contributed by atoms with van der Waals surface area (Å²) in [6.07, 6.45) is 0.821. The van der Waals surface area contributed by atoms with E-state index in [0.29, 0.717) is 5.92 Å². The molecule has 0 saturated heterocycles. The van der Waals surface area contributed by atoms with Crippen LogP contribution in [0.4, 0.5) is 0 Å². The number of carbonyl (C=O) groups is 1. The van der Waals surface area contributed by atoms with Gasteiger partial charge >= 0.3 is 0 Å². The Morgan fingerprint density at radius 1 is 1.26 bits per heavy atom. The number of amides is 1. The number of carbonyl (C=O) groups excluding carboxylic acids is 1. The summed E-state index contributed by atoms with van der Waals surface area (Å²) in [6.45, 7) is 5.83. The summed E-state index contributed by atoms with van der Waals surface area (Å²) in [5.74, 6) is 0.656. The van der Waals surface area contributed by atoms with E-state index in [0.717, 1.165) is 19.5 Å². The van der Waals surface area contributed by atoms with Crippen molar-refractivity contribution in [2.45, 2.75) is 20.3 Å². The third kappa shape index (κ3) is 5.03. The number of hydrogen-bond donors (Lipinski definition) is 1. The van der Waals surface area contributed by atoms with Gasteiger partial charge in [0.1, 0.15) is 0 Å². The Bertz CT molecular complexity index is 376. The van der Waals surface area contributed by atoms with Crippen LogP contribution in [-0.4, -0.2) is 38.0 Å². The Morgan fingerprint density at radius 2 is 1.89 bits per heavy atom. The molecule has 0 bridgehead atoms. The van der Waals surface area contributed by atoms with Crippen molar-refractivity contribution in [3.8, 4) is 0 Å². The van der Waals surface area contributed by atoms with E-state index in [1.54, 1.807) is 0 Å². The standard InChI is InChI=1S/C16H26N2O/c1-13(2)15(12-14-8-6-5-7-9-14)16(19)18(4)11-10-17-3/h5-9,13,15,17H,10-12H2,1-4H3. The van der Waals surface area contributed by atoms with Gasteiger partial charge in [-0.1, -0.05) is 44.2 Å². The van der Waals surface area contributed by atoms with Crippen LogP contribution in [0.15, 0.2) is 30.3 Å². The molecule has 0 heterocycles. The highest BCUT2D eigenvalue weighted by Crippen LogP contribution is 2.19. The highest BCUT2D eigenvalue weighted by atomic mass is 16.2. The van der Waals surface area contributed by atoms with Crippen LogP contribution in [0.25, 0.3) is 0 Å². The molecule has 0 saturated carbocycles. The smallest absolute Gasteiger partial charge is 0.226 e. The fraction of sp³-hybridized carbons (Fsp3) is 0.562. The molecule has 1 aromatic carbocycles. The van der Waals surface area contributed by atoms with Gasteiger partial charge in [0.25, 0.3) is 0 Å². The van der Waals surface area contributed by atoms with Gasteiger partial charge in [-0.2, -0.15) is 0 Å². The van der Waals surface area contributed by atoms with E-state index in [1.807, 2.05) is 37.2 Å². The van der Waals surface area contributed by atoms with Gasteiger partial charge in [-0.15, -0.1) is 0 Å². The van der Waals surface area contributed by atoms with E-state index in [9.17, 15) is 4.79 Å². The zero-order valence-electron chi connectivity index (χ0n) is 12.5. The van der Waals surface area contributed by atoms with E-state index in [-0.39, 0.29) is 11.8 Å². The normalized spacial score (nSPS) is 12.5. The van der Waals surface area contributed by atoms with E-state index >= 15 is 0 Å². The molecule has 1 N–H and O–H groups in total. The summed E-state index contributed by atoms with van der Waals surface area (Å²) in [4.78, 5) is 14.3. The monoisotopic (exact) mass is 262 g/mol. The zero-order valence-corrected chi connectivity index (χ0v) is 12.5. The third-order valence-corrected chi connectivity index (χ3v) is 3.49. The lowest BCUT2D eigenvalue weighted by Gasteiger charge is -2.26. The van der Waals surface area contributed by atoms with Gasteiger partial charge in [-0.25, -0.2) is 0 Å². The Kier molecular flexibility index (Phi) is 6.57. The van der Waals surface area contributed by atoms with Crippen LogP contribution in [0.1, 0.15) is 19.4 Å². The lowest BCUT2D eigenvalue weighted by atomic mass is 9.88. The summed E-state index contributed by atoms with van der Waals surface area (Å²) < 4.78 is 0. The van der Waals surface area contributed by atoms with E-state index < -0.39 is 0 Å². The van der Waals surface area contributed by atoms with Gasteiger partial charge < -0.3 is 10.2 Å². The Hall–Kier alpha value is -1.35. The van der Waals surface area contributed by atoms with Crippen molar-refractivity contribution < 1.29 is 4.79 Å². The predicted octanol–water partition coefficient (Wildman–Crippen LogP) is 2.18. The maximum absolute atomic E-state index is 12.5. The molecule has 3 nitrogen and oxygen atoms in total. The van der Waals surface area contributed by atoms with Gasteiger partial charge in [0, 0.05) is 26.1 Å². The first-order valence-electron chi connectivity index (χ1n) is 6.99. The van der Waals surface area contributed by atoms with E-state index in [1.165, 1.54) is 5.56 Å². The number of rotatable bonds is 7. The molecule has 1 aromatic rings. The Balaban J connectivity index is 2.69. The molecule has 106 valence electrons. The largest absolute Gasteiger partial charge is 0.344 e. The minimum absolute atomic E-state index is 0.0595. The summed E-state index contributed by atoms with van der Waals surface area (Å²) in [5, 5.41) is 3.08. The summed E-state index contributed by atoms with van der Waals surface area (Å²) in [6, 6.07) is 10.3. The van der Waals surface area contributed by atoms with Gasteiger partial charge in [0.15, 0.2) is 0 Å². The molecule has 0 aromatic heterocycles. The third-order valence-electron chi connectivity index (χ3n) is 3.49. The first-order valence-corrected chi connectivity index (χ1v) is 6.99. The highest BCUT2D eigenvalue weighted by Gasteiger charge is 2.25. The number of nitrogens with one attached hydrogen (secondary N) is 1. The molecule has 3 heteroatoms. The second kappa shape index (κ2) is 7.95. The number of likely N-dealkylation sites (N-methyl/N-ethyl adjacent to an activating group) is 2. The molecule has 0 aliphatic carbocycles.